The number of nitrogens with zero attached hydrogens (tertiary/aromatic N) is 3. The molecular weight excluding hydrogens is 2160 g/mol. The van der Waals surface area contributed by atoms with Gasteiger partial charge in [0.15, 0.2) is 0 Å². The Labute approximate surface area is 948 Å². The molecule has 15 aliphatic rings. The second kappa shape index (κ2) is 40.2. The first-order valence-electron chi connectivity index (χ1n) is 53.7. The molecule has 0 bridgehead atoms. The molecule has 0 radical (unpaired) electrons. The van der Waals surface area contributed by atoms with E-state index in [0.717, 1.165) is 170 Å². The van der Waals surface area contributed by atoms with Crippen LogP contribution in [-0.2, 0) is 72.6 Å². The molecule has 9 saturated carbocycles. The number of anilines is 3. The van der Waals surface area contributed by atoms with Crippen LogP contribution in [0.3, 0.4) is 0 Å². The number of hydrogen-bond acceptors (Lipinski definition) is 14. The summed E-state index contributed by atoms with van der Waals surface area (Å²) >= 11 is 8.53. The van der Waals surface area contributed by atoms with Gasteiger partial charge in [0, 0.05) is 87.2 Å². The van der Waals surface area contributed by atoms with Gasteiger partial charge in [0.05, 0.1) is 35.0 Å². The Bertz CT molecular complexity index is 6270. The molecule has 796 valence electrons. The van der Waals surface area contributed by atoms with Crippen molar-refractivity contribution in [2.45, 2.75) is 363 Å². The summed E-state index contributed by atoms with van der Waals surface area (Å²) in [4.78, 5) is 42.2. The van der Waals surface area contributed by atoms with Gasteiger partial charge in [0.25, 0.3) is 0 Å². The van der Waals surface area contributed by atoms with E-state index in [4.69, 9.17) is 35.5 Å². The van der Waals surface area contributed by atoms with Crippen LogP contribution in [0, 0.1) is 134 Å². The van der Waals surface area contributed by atoms with Crippen molar-refractivity contribution in [2.24, 2.45) is 134 Å². The van der Waals surface area contributed by atoms with Crippen LogP contribution in [-0.4, -0.2) is 60.9 Å². The van der Waals surface area contributed by atoms with Crippen molar-refractivity contribution in [1.82, 2.24) is 30.6 Å². The fourth-order valence-corrected chi connectivity index (χ4v) is 38.0. The van der Waals surface area contributed by atoms with Crippen LogP contribution >= 0.6 is 53.2 Å². The van der Waals surface area contributed by atoms with Gasteiger partial charge in [-0.25, -0.2) is 0 Å². The molecule has 23 rings (SSSR count). The molecule has 0 saturated heterocycles. The molecule has 6 heterocycles. The van der Waals surface area contributed by atoms with E-state index in [-0.39, 0.29) is 188 Å². The number of furan rings is 3. The van der Waals surface area contributed by atoms with Crippen molar-refractivity contribution in [3.63, 3.8) is 0 Å². The minimum absolute atomic E-state index is 0. The van der Waals surface area contributed by atoms with Gasteiger partial charge in [-0.1, -0.05) is 248 Å². The summed E-state index contributed by atoms with van der Waals surface area (Å²) in [5, 5.41) is 34.4. The SMILES string of the molecule is C.C.CC1(C)CC[C@]2(C(=O)O)CC[C@]3(C)C(=C(c4ccco4)CC4[C@@]5(C)Cc6c(N)n[nH]c6C(C)(C)C5CC[C@]43C)C2C1.CC1(C)CC[C@]2(C(=O)OCc3ccccc3)CC[C@]3(C)C(=C(Br)CC4[C@@]5(C)Cc6c(N)n[nH]c6C(C)(C)C5CC[C@]43C)C2C1.CC1(C)CC[C@]2(C(=O)OCc3ccccc3)CC[C@]3(C)C(=C(c4ccco4)CC4[C@@]5(C)Cc6c(N)n[nH]c6C(C)(C)C5CC[C@]43C)C2C1.FB(F)c1ccco1.II.[F-].[K+]. The zero-order valence-electron chi connectivity index (χ0n) is 90.3. The van der Waals surface area contributed by atoms with Crippen molar-refractivity contribution in [3.8, 4) is 0 Å². The zero-order valence-corrected chi connectivity index (χ0v) is 99.3. The number of aliphatic carboxylic acids is 1. The largest absolute Gasteiger partial charge is 1.00 e. The smallest absolute Gasteiger partial charge is 1.00 e. The maximum atomic E-state index is 14.6. The van der Waals surface area contributed by atoms with Gasteiger partial charge in [-0.3, -0.25) is 38.3 Å². The number of benzene rings is 2. The van der Waals surface area contributed by atoms with Gasteiger partial charge < -0.3 is 49.7 Å². The fourth-order valence-electron chi connectivity index (χ4n) is 37.0. The second-order valence-electron chi connectivity index (χ2n) is 53.9. The van der Waals surface area contributed by atoms with Crippen LogP contribution in [0.4, 0.5) is 26.1 Å². The van der Waals surface area contributed by atoms with Crippen LogP contribution < -0.4 is 78.9 Å². The Hall–Kier alpha value is -5.63. The summed E-state index contributed by atoms with van der Waals surface area (Å²) in [6, 6.07) is 31.3. The van der Waals surface area contributed by atoms with Crippen LogP contribution in [0.2, 0.25) is 0 Å². The normalized spacial score (nSPS) is 36.7. The Balaban J connectivity index is 0.000000156. The van der Waals surface area contributed by atoms with Gasteiger partial charge in [-0.2, -0.15) is 15.3 Å². The van der Waals surface area contributed by atoms with E-state index in [0.29, 0.717) is 66.2 Å². The number of hydrogen-bond donors (Lipinski definition) is 7. The molecule has 21 atom stereocenters. The minimum Gasteiger partial charge on any atom is -1.00 e. The van der Waals surface area contributed by atoms with Crippen LogP contribution in [0.25, 0.3) is 11.1 Å². The molecule has 9 fully saturated rings. The molecule has 0 amide bonds. The third-order valence-corrected chi connectivity index (χ3v) is 45.6. The van der Waals surface area contributed by atoms with Crippen LogP contribution in [0.1, 0.15) is 371 Å². The number of aromatic amines is 3. The van der Waals surface area contributed by atoms with E-state index in [9.17, 15) is 28.1 Å². The second-order valence-corrected chi connectivity index (χ2v) is 54.9. The third-order valence-electron chi connectivity index (χ3n) is 44.9. The standard InChI is InChI=1S/C42H55N3O3.C38H52BrN3O2.C35H49N3O3.C4H3BF2O.2CH4.FH.I2.K/c1-37(2)17-19-42(36(46)48-25-26-12-9-8-10-13-26)20-18-41(7)33(29(42)24-37)27(30-14-11-21-47-30)22-32-39(5)23-28-34(44-45-35(28)43)38(3,4)31(39)15-16-40(32,41)6;1-33(2)15-17-38(32(43)44-22-23-11-9-8-10-12-23)18-16-37(7)29(25(38)21-33)26(39)19-28-35(5)20-24-30(41-42-31(24)40)34(3,4)27(35)13-14-36(28,37)6;1-30(2)12-14-35(29(39)40)15-13-34(7)26(22(35)19-30)20(23-9-8-16-41-23)17-25-32(5)18-21-27(37-38-28(21)36)31(3,4)24(32)10-11-33(25,34)6;6-5(7)4-2-1-3-8-4;;;;1-2;/h8-14,21,29,31-32H,15-20,22-25H2,1-7H3,(H3,43,44,45);8-12,25,27-28H,13-22H2,1-7H3,(H3,40,41,42);8-9,16,22,24-25H,10-15,17-19H2,1-7H3,(H,39,40)(H3,36,37,38);1-3H;2*1H4;1H;;/q;;;;;;;;+1/p-1/t29?,31?,32?,39-,40+,41+,42-;25?,27?,28?,35-,36+,37+,38-;22?,24?,25?,32-,33+,34+,35-;;;;;;/m000....../s1. The van der Waals surface area contributed by atoms with Crippen molar-refractivity contribution in [3.05, 3.63) is 193 Å². The van der Waals surface area contributed by atoms with Gasteiger partial charge >= 0.3 is 76.6 Å². The molecule has 6 aromatic heterocycles. The number of ether oxygens (including phenoxy) is 2. The maximum Gasteiger partial charge on any atom is 1.00 e. The van der Waals surface area contributed by atoms with Gasteiger partial charge in [0.2, 0.25) is 0 Å². The van der Waals surface area contributed by atoms with Crippen LogP contribution in [0.5, 0.6) is 0 Å². The molecule has 8 aromatic rings. The molecule has 2 aromatic carbocycles. The molecule has 0 aliphatic heterocycles. The Kier molecular flexibility index (Phi) is 31.6. The van der Waals surface area contributed by atoms with Crippen molar-refractivity contribution in [1.29, 1.82) is 0 Å². The molecular formula is C121H167BBrF3I2KN9O9. The van der Waals surface area contributed by atoms with E-state index in [1.165, 1.54) is 105 Å². The third kappa shape index (κ3) is 17.7. The number of nitrogens with two attached hydrogens (primary N) is 3. The minimum atomic E-state index is -2.48. The molecule has 10 N–H and O–H groups in total. The predicted molar refractivity (Wildman–Crippen MR) is 598 cm³/mol. The van der Waals surface area contributed by atoms with Crippen molar-refractivity contribution in [2.75, 3.05) is 17.2 Å². The number of H-pyrrole nitrogens is 3. The molecule has 15 aliphatic carbocycles. The predicted octanol–water partition coefficient (Wildman–Crippen LogP) is 24.9. The summed E-state index contributed by atoms with van der Waals surface area (Å²) in [5.74, 6) is 6.60. The number of carbonyl (C=O) groups excluding carboxylic acids is 2. The fraction of sp³-hybridized carbons (Fsp3) is 0.653. The molecule has 9 unspecified atom stereocenters. The number of fused-ring (bicyclic) bond motifs is 24. The number of allylic oxidation sites excluding steroid dienone is 6. The number of carboxylic acid groups (broad SMARTS) is 1. The average Bonchev–Trinajstić information content (AvgIpc) is 1.61. The summed E-state index contributed by atoms with van der Waals surface area (Å²) in [7, 11) is -2.48. The topological polar surface area (TPSA) is 293 Å². The maximum absolute atomic E-state index is 14.6. The number of esters is 2. The van der Waals surface area contributed by atoms with E-state index in [2.05, 4.69) is 258 Å². The zero-order chi connectivity index (χ0) is 103. The molecule has 147 heavy (non-hydrogen) atoms. The summed E-state index contributed by atoms with van der Waals surface area (Å²) in [6.07, 6.45) is 31.8. The Morgan fingerprint density at radius 3 is 1.05 bits per heavy atom. The van der Waals surface area contributed by atoms with E-state index in [1.807, 2.05) is 66.9 Å². The molecule has 0 spiro atoms. The van der Waals surface area contributed by atoms with Gasteiger partial charge in [-0.05, 0) is 360 Å². The average molecular weight is 2330 g/mol. The number of halogens is 6. The van der Waals surface area contributed by atoms with E-state index < -0.39 is 29.5 Å². The summed E-state index contributed by atoms with van der Waals surface area (Å²) < 4.78 is 53.9. The number of rotatable bonds is 10. The number of carboxylic acids is 1. The monoisotopic (exact) mass is 2330 g/mol. The van der Waals surface area contributed by atoms with E-state index in [1.54, 1.807) is 11.8 Å². The van der Waals surface area contributed by atoms with E-state index >= 15 is 0 Å². The Morgan fingerprint density at radius 2 is 0.728 bits per heavy atom. The number of carbonyl (C=O) groups is 3. The summed E-state index contributed by atoms with van der Waals surface area (Å²) in [5.41, 5.74) is 34.9. The molecule has 18 nitrogen and oxygen atoms in total. The number of aromatic nitrogens is 6. The first kappa shape index (κ1) is 115. The van der Waals surface area contributed by atoms with Gasteiger partial charge in [0.1, 0.15) is 47.8 Å². The quantitative estimate of drug-likeness (QED) is 0.0380. The first-order chi connectivity index (χ1) is 67.2. The van der Waals surface area contributed by atoms with Crippen molar-refractivity contribution >= 4 is 113 Å². The molecule has 26 heteroatoms. The number of nitrogen functional groups attached to an aromatic ring is 3. The Morgan fingerprint density at radius 1 is 0.422 bits per heavy atom. The van der Waals surface area contributed by atoms with Gasteiger partial charge in [-0.15, -0.1) is 0 Å². The van der Waals surface area contributed by atoms with Crippen molar-refractivity contribution < 1.29 is 107 Å². The van der Waals surface area contributed by atoms with Crippen LogP contribution in [0.15, 0.2) is 150 Å². The number of nitrogens with one attached hydrogen (secondary N) is 3. The summed E-state index contributed by atoms with van der Waals surface area (Å²) in [6.45, 7) is 52.6. The first-order valence-corrected chi connectivity index (χ1v) is 60.8.